The molecule has 158 valence electrons. The first-order valence-electron chi connectivity index (χ1n) is 10.4. The second kappa shape index (κ2) is 8.03. The molecule has 4 heterocycles. The summed E-state index contributed by atoms with van der Waals surface area (Å²) in [6, 6.07) is 16.0. The monoisotopic (exact) mass is 432 g/mol. The van der Waals surface area contributed by atoms with E-state index in [4.69, 9.17) is 5.10 Å². The fourth-order valence-electron chi connectivity index (χ4n) is 4.20. The van der Waals surface area contributed by atoms with Gasteiger partial charge in [0.2, 0.25) is 0 Å². The highest BCUT2D eigenvalue weighted by molar-refractivity contribution is 7.13. The standard InChI is InChI=1S/C23H24N6OS/c1-16-22(17(2)29(26-16)18-7-4-3-5-8-18)27-10-12-28(13-11-27)23(30)20-15-19(24-25-20)21-9-6-14-31-21/h3-9,14-15H,10-13H2,1-2H3,(H,24,25). The van der Waals surface area contributed by atoms with Crippen molar-refractivity contribution in [1.29, 1.82) is 0 Å². The molecule has 4 aromatic rings. The van der Waals surface area contributed by atoms with Gasteiger partial charge in [-0.15, -0.1) is 11.3 Å². The number of aryl methyl sites for hydroxylation is 1. The third-order valence-electron chi connectivity index (χ3n) is 5.72. The van der Waals surface area contributed by atoms with Crippen LogP contribution in [0.4, 0.5) is 5.69 Å². The van der Waals surface area contributed by atoms with Crippen molar-refractivity contribution in [2.24, 2.45) is 0 Å². The number of piperazine rings is 1. The quantitative estimate of drug-likeness (QED) is 0.531. The van der Waals surface area contributed by atoms with Crippen LogP contribution in [-0.4, -0.2) is 57.0 Å². The second-order valence-corrected chi connectivity index (χ2v) is 8.64. The van der Waals surface area contributed by atoms with Gasteiger partial charge in [0.1, 0.15) is 0 Å². The van der Waals surface area contributed by atoms with E-state index in [2.05, 4.69) is 41.1 Å². The summed E-state index contributed by atoms with van der Waals surface area (Å²) in [5.41, 5.74) is 5.71. The summed E-state index contributed by atoms with van der Waals surface area (Å²) in [6.07, 6.45) is 0. The van der Waals surface area contributed by atoms with E-state index < -0.39 is 0 Å². The summed E-state index contributed by atoms with van der Waals surface area (Å²) >= 11 is 1.63. The largest absolute Gasteiger partial charge is 0.365 e. The molecule has 31 heavy (non-hydrogen) atoms. The number of nitrogens with one attached hydrogen (secondary N) is 1. The van der Waals surface area contributed by atoms with Crippen LogP contribution >= 0.6 is 11.3 Å². The molecule has 3 aromatic heterocycles. The number of para-hydroxylation sites is 1. The Morgan fingerprint density at radius 2 is 1.81 bits per heavy atom. The zero-order chi connectivity index (χ0) is 21.4. The SMILES string of the molecule is Cc1nn(-c2ccccc2)c(C)c1N1CCN(C(=O)c2cc(-c3cccs3)[nH]n2)CC1. The van der Waals surface area contributed by atoms with Gasteiger partial charge in [-0.25, -0.2) is 4.68 Å². The molecular formula is C23H24N6OS. The summed E-state index contributed by atoms with van der Waals surface area (Å²) < 4.78 is 2.00. The van der Waals surface area contributed by atoms with Gasteiger partial charge < -0.3 is 9.80 Å². The number of hydrogen-bond donors (Lipinski definition) is 1. The van der Waals surface area contributed by atoms with Crippen LogP contribution in [-0.2, 0) is 0 Å². The van der Waals surface area contributed by atoms with Crippen LogP contribution in [0.1, 0.15) is 21.9 Å². The number of amides is 1. The molecular weight excluding hydrogens is 408 g/mol. The molecule has 1 N–H and O–H groups in total. The van der Waals surface area contributed by atoms with E-state index >= 15 is 0 Å². The Labute approximate surface area is 184 Å². The maximum atomic E-state index is 13.0. The van der Waals surface area contributed by atoms with Crippen LogP contribution in [0.15, 0.2) is 53.9 Å². The molecule has 1 aliphatic rings. The smallest absolute Gasteiger partial charge is 0.274 e. The molecule has 1 aromatic carbocycles. The molecule has 0 atom stereocenters. The number of aromatic nitrogens is 4. The maximum Gasteiger partial charge on any atom is 0.274 e. The lowest BCUT2D eigenvalue weighted by molar-refractivity contribution is 0.0741. The molecule has 8 heteroatoms. The van der Waals surface area contributed by atoms with Crippen molar-refractivity contribution in [2.45, 2.75) is 13.8 Å². The van der Waals surface area contributed by atoms with Gasteiger partial charge in [-0.2, -0.15) is 10.2 Å². The number of carbonyl (C=O) groups is 1. The molecule has 1 fully saturated rings. The molecule has 1 aliphatic heterocycles. The topological polar surface area (TPSA) is 70.1 Å². The Balaban J connectivity index is 1.29. The van der Waals surface area contributed by atoms with Crippen molar-refractivity contribution < 1.29 is 4.79 Å². The lowest BCUT2D eigenvalue weighted by Gasteiger charge is -2.36. The van der Waals surface area contributed by atoms with Crippen LogP contribution in [0, 0.1) is 13.8 Å². The normalized spacial score (nSPS) is 14.3. The van der Waals surface area contributed by atoms with Gasteiger partial charge in [0, 0.05) is 26.2 Å². The van der Waals surface area contributed by atoms with Crippen LogP contribution in [0.25, 0.3) is 16.3 Å². The number of thiophene rings is 1. The third kappa shape index (κ3) is 3.63. The lowest BCUT2D eigenvalue weighted by Crippen LogP contribution is -2.49. The molecule has 7 nitrogen and oxygen atoms in total. The van der Waals surface area contributed by atoms with Crippen molar-refractivity contribution >= 4 is 22.9 Å². The van der Waals surface area contributed by atoms with E-state index in [0.717, 1.165) is 46.4 Å². The van der Waals surface area contributed by atoms with Crippen molar-refractivity contribution in [2.75, 3.05) is 31.1 Å². The minimum atomic E-state index is -0.0212. The van der Waals surface area contributed by atoms with E-state index in [9.17, 15) is 4.79 Å². The van der Waals surface area contributed by atoms with Crippen molar-refractivity contribution in [3.63, 3.8) is 0 Å². The predicted molar refractivity (Wildman–Crippen MR) is 123 cm³/mol. The molecule has 0 unspecified atom stereocenters. The first kappa shape index (κ1) is 19.6. The molecule has 0 bridgehead atoms. The Morgan fingerprint density at radius 3 is 2.52 bits per heavy atom. The summed E-state index contributed by atoms with van der Waals surface area (Å²) in [5.74, 6) is -0.0212. The van der Waals surface area contributed by atoms with Crippen LogP contribution in [0.5, 0.6) is 0 Å². The van der Waals surface area contributed by atoms with Gasteiger partial charge in [-0.1, -0.05) is 24.3 Å². The first-order chi connectivity index (χ1) is 15.1. The zero-order valence-electron chi connectivity index (χ0n) is 17.6. The van der Waals surface area contributed by atoms with Crippen LogP contribution in [0.3, 0.4) is 0 Å². The number of anilines is 1. The highest BCUT2D eigenvalue weighted by Crippen LogP contribution is 2.28. The lowest BCUT2D eigenvalue weighted by atomic mass is 10.2. The number of H-pyrrole nitrogens is 1. The molecule has 0 aliphatic carbocycles. The molecule has 0 spiro atoms. The van der Waals surface area contributed by atoms with Crippen molar-refractivity contribution in [3.05, 3.63) is 71.0 Å². The summed E-state index contributed by atoms with van der Waals surface area (Å²) in [4.78, 5) is 18.3. The third-order valence-corrected chi connectivity index (χ3v) is 6.62. The van der Waals surface area contributed by atoms with Gasteiger partial charge >= 0.3 is 0 Å². The average molecular weight is 433 g/mol. The van der Waals surface area contributed by atoms with E-state index in [1.807, 2.05) is 51.4 Å². The van der Waals surface area contributed by atoms with Crippen LogP contribution < -0.4 is 4.90 Å². The minimum Gasteiger partial charge on any atom is -0.365 e. The van der Waals surface area contributed by atoms with Gasteiger partial charge in [0.25, 0.3) is 5.91 Å². The molecule has 0 saturated carbocycles. The highest BCUT2D eigenvalue weighted by atomic mass is 32.1. The molecule has 5 rings (SSSR count). The van der Waals surface area contributed by atoms with Crippen molar-refractivity contribution in [3.8, 4) is 16.3 Å². The Hall–Kier alpha value is -3.39. The van der Waals surface area contributed by atoms with Gasteiger partial charge in [-0.05, 0) is 43.5 Å². The van der Waals surface area contributed by atoms with E-state index in [0.29, 0.717) is 18.8 Å². The number of aromatic amines is 1. The van der Waals surface area contributed by atoms with Crippen LogP contribution in [0.2, 0.25) is 0 Å². The molecule has 1 saturated heterocycles. The average Bonchev–Trinajstić information content (AvgIpc) is 3.55. The summed E-state index contributed by atoms with van der Waals surface area (Å²) in [7, 11) is 0. The Bertz CT molecular complexity index is 1190. The van der Waals surface area contributed by atoms with E-state index in [1.54, 1.807) is 11.3 Å². The fourth-order valence-corrected chi connectivity index (χ4v) is 4.89. The van der Waals surface area contributed by atoms with Gasteiger partial charge in [-0.3, -0.25) is 9.89 Å². The fraction of sp³-hybridized carbons (Fsp3) is 0.261. The molecule has 0 radical (unpaired) electrons. The predicted octanol–water partition coefficient (Wildman–Crippen LogP) is 3.90. The Kier molecular flexibility index (Phi) is 5.07. The second-order valence-electron chi connectivity index (χ2n) is 7.69. The first-order valence-corrected chi connectivity index (χ1v) is 11.2. The van der Waals surface area contributed by atoms with E-state index in [1.165, 1.54) is 0 Å². The summed E-state index contributed by atoms with van der Waals surface area (Å²) in [6.45, 7) is 7.03. The van der Waals surface area contributed by atoms with E-state index in [-0.39, 0.29) is 5.91 Å². The highest BCUT2D eigenvalue weighted by Gasteiger charge is 2.27. The summed E-state index contributed by atoms with van der Waals surface area (Å²) in [5, 5.41) is 14.0. The van der Waals surface area contributed by atoms with Gasteiger partial charge in [0.15, 0.2) is 5.69 Å². The van der Waals surface area contributed by atoms with Gasteiger partial charge in [0.05, 0.1) is 33.3 Å². The number of benzene rings is 1. The zero-order valence-corrected chi connectivity index (χ0v) is 18.4. The number of hydrogen-bond acceptors (Lipinski definition) is 5. The van der Waals surface area contributed by atoms with Crippen molar-refractivity contribution in [1.82, 2.24) is 24.9 Å². The molecule has 1 amide bonds. The minimum absolute atomic E-state index is 0.0212. The maximum absolute atomic E-state index is 13.0. The number of rotatable bonds is 4. The number of carbonyl (C=O) groups excluding carboxylic acids is 1. The number of nitrogens with zero attached hydrogens (tertiary/aromatic N) is 5. The Morgan fingerprint density at radius 1 is 1.03 bits per heavy atom.